The molecule has 44 heavy (non-hydrogen) atoms. The van der Waals surface area contributed by atoms with Crippen LogP contribution in [0.1, 0.15) is 46.1 Å². The van der Waals surface area contributed by atoms with Gasteiger partial charge >= 0.3 is 6.09 Å². The second kappa shape index (κ2) is 13.2. The van der Waals surface area contributed by atoms with Gasteiger partial charge in [-0.05, 0) is 77.3 Å². The predicted molar refractivity (Wildman–Crippen MR) is 172 cm³/mol. The number of likely N-dealkylation sites (tertiary alicyclic amines) is 1. The van der Waals surface area contributed by atoms with Gasteiger partial charge in [0.15, 0.2) is 0 Å². The lowest BCUT2D eigenvalue weighted by Gasteiger charge is -2.34. The van der Waals surface area contributed by atoms with Crippen molar-refractivity contribution < 1.29 is 14.3 Å². The Morgan fingerprint density at radius 3 is 2.75 bits per heavy atom. The highest BCUT2D eigenvalue weighted by molar-refractivity contribution is 5.98. The smallest absolute Gasteiger partial charge is 0.410 e. The zero-order chi connectivity index (χ0) is 31.3. The van der Waals surface area contributed by atoms with Gasteiger partial charge in [-0.1, -0.05) is 24.3 Å². The molecule has 1 amide bonds. The molecular weight excluding hydrogens is 554 g/mol. The summed E-state index contributed by atoms with van der Waals surface area (Å²) in [6, 6.07) is 18.0. The molecule has 1 aliphatic rings. The van der Waals surface area contributed by atoms with E-state index in [1.165, 1.54) is 0 Å². The molecule has 0 bridgehead atoms. The third kappa shape index (κ3) is 7.35. The predicted octanol–water partition coefficient (Wildman–Crippen LogP) is 7.18. The number of anilines is 2. The van der Waals surface area contributed by atoms with Crippen molar-refractivity contribution in [1.29, 1.82) is 5.26 Å². The average Bonchev–Trinajstić information content (AvgIpc) is 3.01. The van der Waals surface area contributed by atoms with E-state index in [1.54, 1.807) is 17.3 Å². The zero-order valence-electron chi connectivity index (χ0n) is 25.9. The first kappa shape index (κ1) is 30.5. The maximum atomic E-state index is 12.6. The molecule has 1 unspecified atom stereocenters. The van der Waals surface area contributed by atoms with Crippen molar-refractivity contribution in [3.8, 4) is 29.0 Å². The summed E-state index contributed by atoms with van der Waals surface area (Å²) in [5.41, 5.74) is 2.75. The Bertz CT molecular complexity index is 1680. The fourth-order valence-electron chi connectivity index (χ4n) is 5.15. The van der Waals surface area contributed by atoms with E-state index in [4.69, 9.17) is 14.5 Å². The van der Waals surface area contributed by atoms with Gasteiger partial charge in [0.1, 0.15) is 11.4 Å². The number of rotatable bonds is 8. The number of aromatic nitrogens is 3. The van der Waals surface area contributed by atoms with Crippen LogP contribution in [0.4, 0.5) is 16.4 Å². The molecule has 2 N–H and O–H groups in total. The van der Waals surface area contributed by atoms with E-state index in [1.807, 2.05) is 77.1 Å². The van der Waals surface area contributed by atoms with Crippen LogP contribution >= 0.6 is 0 Å². The van der Waals surface area contributed by atoms with Crippen molar-refractivity contribution in [1.82, 2.24) is 19.9 Å². The number of piperidine rings is 1. The van der Waals surface area contributed by atoms with Crippen LogP contribution in [0.5, 0.6) is 11.6 Å². The van der Waals surface area contributed by atoms with Crippen LogP contribution in [0, 0.1) is 24.2 Å². The summed E-state index contributed by atoms with van der Waals surface area (Å²) in [4.78, 5) is 28.2. The largest absolute Gasteiger partial charge is 0.444 e. The molecule has 1 saturated heterocycles. The van der Waals surface area contributed by atoms with Gasteiger partial charge in [-0.2, -0.15) is 5.26 Å². The van der Waals surface area contributed by atoms with E-state index in [-0.39, 0.29) is 18.1 Å². The Labute approximate surface area is 258 Å². The highest BCUT2D eigenvalue weighted by Gasteiger charge is 2.28. The third-order valence-electron chi connectivity index (χ3n) is 7.34. The summed E-state index contributed by atoms with van der Waals surface area (Å²) in [6.45, 7) is 11.2. The number of hydrogen-bond acceptors (Lipinski definition) is 9. The fourth-order valence-corrected chi connectivity index (χ4v) is 5.15. The molecule has 5 rings (SSSR count). The maximum Gasteiger partial charge on any atom is 0.410 e. The number of carbonyl (C=O) groups excluding carboxylic acids is 1. The Kier molecular flexibility index (Phi) is 9.14. The number of ether oxygens (including phenoxy) is 2. The molecule has 0 saturated carbocycles. The maximum absolute atomic E-state index is 12.6. The van der Waals surface area contributed by atoms with Gasteiger partial charge in [0.2, 0.25) is 11.8 Å². The Balaban J connectivity index is 1.38. The summed E-state index contributed by atoms with van der Waals surface area (Å²) in [5.74, 6) is 1.49. The number of nitrogens with zero attached hydrogens (tertiary/aromatic N) is 5. The molecule has 2 aromatic carbocycles. The molecule has 0 spiro atoms. The van der Waals surface area contributed by atoms with Crippen LogP contribution in [-0.4, -0.2) is 57.2 Å². The summed E-state index contributed by atoms with van der Waals surface area (Å²) in [6.07, 6.45) is 4.85. The van der Waals surface area contributed by atoms with Crippen LogP contribution in [0.25, 0.3) is 22.0 Å². The van der Waals surface area contributed by atoms with Gasteiger partial charge in [0, 0.05) is 54.5 Å². The highest BCUT2D eigenvalue weighted by atomic mass is 16.6. The molecule has 4 aromatic rings. The number of amides is 1. The number of aryl methyl sites for hydroxylation is 1. The van der Waals surface area contributed by atoms with Gasteiger partial charge in [0.05, 0.1) is 23.2 Å². The monoisotopic (exact) mass is 593 g/mol. The van der Waals surface area contributed by atoms with Gasteiger partial charge in [0.25, 0.3) is 0 Å². The van der Waals surface area contributed by atoms with E-state index in [9.17, 15) is 10.1 Å². The molecule has 0 radical (unpaired) electrons. The standard InChI is InChI=1S/C34H39N7O3/c1-22(19-35)20-38-28-12-6-10-26-25(28)14-13-23(2)30(26)43-31-27(11-7-16-36-31)29-15-17-37-32(40-29)39-24-9-8-18-41(21-24)33(42)44-34(3,4)5/h6-7,10-17,22,24,38H,8-9,18,20-21H2,1-5H3,(H,37,39,40)/t22-,24?/m1/s1. The molecule has 1 fully saturated rings. The molecule has 2 aromatic heterocycles. The second-order valence-electron chi connectivity index (χ2n) is 12.2. The Hall–Kier alpha value is -4.91. The lowest BCUT2D eigenvalue weighted by molar-refractivity contribution is 0.0206. The first-order valence-electron chi connectivity index (χ1n) is 15.0. The quantitative estimate of drug-likeness (QED) is 0.219. The molecule has 0 aliphatic carbocycles. The van der Waals surface area contributed by atoms with E-state index < -0.39 is 5.60 Å². The number of nitriles is 1. The van der Waals surface area contributed by atoms with E-state index >= 15 is 0 Å². The number of carbonyl (C=O) groups is 1. The molecular formula is C34H39N7O3. The molecule has 1 aliphatic heterocycles. The Morgan fingerprint density at radius 1 is 1.11 bits per heavy atom. The highest BCUT2D eigenvalue weighted by Crippen LogP contribution is 2.38. The van der Waals surface area contributed by atoms with Crippen molar-refractivity contribution in [3.63, 3.8) is 0 Å². The summed E-state index contributed by atoms with van der Waals surface area (Å²) in [7, 11) is 0. The van der Waals surface area contributed by atoms with Gasteiger partial charge in [-0.25, -0.2) is 19.7 Å². The van der Waals surface area contributed by atoms with Crippen molar-refractivity contribution in [2.24, 2.45) is 5.92 Å². The van der Waals surface area contributed by atoms with Gasteiger partial charge in [-0.3, -0.25) is 0 Å². The molecule has 2 atom stereocenters. The van der Waals surface area contributed by atoms with E-state index in [0.717, 1.165) is 40.4 Å². The Morgan fingerprint density at radius 2 is 1.95 bits per heavy atom. The minimum absolute atomic E-state index is 0.00609. The van der Waals surface area contributed by atoms with Crippen LogP contribution in [0.2, 0.25) is 0 Å². The molecule has 10 nitrogen and oxygen atoms in total. The fraction of sp³-hybridized carbons (Fsp3) is 0.382. The summed E-state index contributed by atoms with van der Waals surface area (Å²) < 4.78 is 12.1. The first-order chi connectivity index (χ1) is 21.1. The minimum Gasteiger partial charge on any atom is -0.444 e. The van der Waals surface area contributed by atoms with Crippen molar-refractivity contribution >= 4 is 28.5 Å². The number of benzene rings is 2. The molecule has 228 valence electrons. The third-order valence-corrected chi connectivity index (χ3v) is 7.34. The SMILES string of the molecule is Cc1ccc2c(NC[C@H](C)C#N)cccc2c1Oc1ncccc1-c1ccnc(NC2CCCN(C(=O)OC(C)(C)C)C2)n1. The average molecular weight is 594 g/mol. The first-order valence-corrected chi connectivity index (χ1v) is 15.0. The zero-order valence-corrected chi connectivity index (χ0v) is 25.9. The minimum atomic E-state index is -0.543. The number of hydrogen-bond donors (Lipinski definition) is 2. The number of fused-ring (bicyclic) bond motifs is 1. The van der Waals surface area contributed by atoms with E-state index in [0.29, 0.717) is 42.9 Å². The lowest BCUT2D eigenvalue weighted by Crippen LogP contribution is -2.47. The van der Waals surface area contributed by atoms with Crippen molar-refractivity contribution in [2.75, 3.05) is 30.3 Å². The molecule has 3 heterocycles. The second-order valence-corrected chi connectivity index (χ2v) is 12.2. The van der Waals surface area contributed by atoms with Crippen LogP contribution < -0.4 is 15.4 Å². The lowest BCUT2D eigenvalue weighted by atomic mass is 10.0. The van der Waals surface area contributed by atoms with Crippen LogP contribution in [0.3, 0.4) is 0 Å². The summed E-state index contributed by atoms with van der Waals surface area (Å²) >= 11 is 0. The summed E-state index contributed by atoms with van der Waals surface area (Å²) in [5, 5.41) is 18.0. The number of pyridine rings is 1. The number of nitrogens with one attached hydrogen (secondary N) is 2. The molecule has 10 heteroatoms. The van der Waals surface area contributed by atoms with E-state index in [2.05, 4.69) is 32.7 Å². The van der Waals surface area contributed by atoms with Crippen LogP contribution in [-0.2, 0) is 4.74 Å². The topological polar surface area (TPSA) is 125 Å². The van der Waals surface area contributed by atoms with Gasteiger partial charge < -0.3 is 25.0 Å². The van der Waals surface area contributed by atoms with Crippen molar-refractivity contribution in [2.45, 2.75) is 59.1 Å². The van der Waals surface area contributed by atoms with Crippen LogP contribution in [0.15, 0.2) is 60.9 Å². The normalized spacial score (nSPS) is 15.7. The van der Waals surface area contributed by atoms with Crippen molar-refractivity contribution in [3.05, 3.63) is 66.5 Å². The van der Waals surface area contributed by atoms with Gasteiger partial charge in [-0.15, -0.1) is 0 Å².